The Balaban J connectivity index is 1.51. The lowest BCUT2D eigenvalue weighted by molar-refractivity contribution is 0.189. The number of likely N-dealkylation sites (N-methyl/N-ethyl adjacent to an activating group) is 1. The van der Waals surface area contributed by atoms with Gasteiger partial charge in [0, 0.05) is 45.1 Å². The molecule has 138 valence electrons. The monoisotopic (exact) mass is 354 g/mol. The number of benzene rings is 1. The minimum absolute atomic E-state index is 0.0126. The molecule has 1 unspecified atom stereocenters. The fourth-order valence-electron chi connectivity index (χ4n) is 3.13. The fourth-order valence-corrected chi connectivity index (χ4v) is 3.13. The molecule has 0 aliphatic carbocycles. The maximum atomic E-state index is 12.5. The zero-order chi connectivity index (χ0) is 18.4. The molecule has 0 saturated carbocycles. The molecule has 1 aromatic carbocycles. The van der Waals surface area contributed by atoms with Crippen LogP contribution >= 0.6 is 0 Å². The van der Waals surface area contributed by atoms with Crippen LogP contribution in [0.25, 0.3) is 0 Å². The summed E-state index contributed by atoms with van der Waals surface area (Å²) in [7, 11) is 4.06. The van der Waals surface area contributed by atoms with E-state index in [1.807, 2.05) is 37.2 Å². The number of urea groups is 1. The van der Waals surface area contributed by atoms with E-state index in [-0.39, 0.29) is 12.1 Å². The van der Waals surface area contributed by atoms with Crippen molar-refractivity contribution in [3.63, 3.8) is 0 Å². The summed E-state index contributed by atoms with van der Waals surface area (Å²) in [6.45, 7) is 3.41. The second-order valence-electron chi connectivity index (χ2n) is 6.60. The molecule has 1 saturated heterocycles. The van der Waals surface area contributed by atoms with E-state index in [0.29, 0.717) is 19.6 Å². The molecule has 1 aliphatic rings. The standard InChI is InChI=1S/C19H26N6O/c1-23(2)17(16-7-4-3-5-8-16)15-22-19(26)25-13-11-24(12-14-25)18-20-9-6-10-21-18/h3-10,17H,11-15H2,1-2H3,(H,22,26). The van der Waals surface area contributed by atoms with E-state index in [1.54, 1.807) is 18.5 Å². The first kappa shape index (κ1) is 18.1. The quantitative estimate of drug-likeness (QED) is 0.884. The second-order valence-corrected chi connectivity index (χ2v) is 6.60. The molecule has 2 amide bonds. The van der Waals surface area contributed by atoms with Gasteiger partial charge in [-0.3, -0.25) is 0 Å². The molecule has 1 N–H and O–H groups in total. The number of amides is 2. The van der Waals surface area contributed by atoms with Crippen LogP contribution in [-0.4, -0.2) is 72.6 Å². The van der Waals surface area contributed by atoms with Gasteiger partial charge in [0.25, 0.3) is 0 Å². The molecule has 1 aromatic heterocycles. The van der Waals surface area contributed by atoms with Crippen LogP contribution in [0.2, 0.25) is 0 Å². The van der Waals surface area contributed by atoms with E-state index in [1.165, 1.54) is 5.56 Å². The number of hydrogen-bond acceptors (Lipinski definition) is 5. The van der Waals surface area contributed by atoms with Crippen molar-refractivity contribution in [3.8, 4) is 0 Å². The highest BCUT2D eigenvalue weighted by Gasteiger charge is 2.23. The maximum absolute atomic E-state index is 12.5. The predicted octanol–water partition coefficient (Wildman–Crippen LogP) is 1.61. The molecular formula is C19H26N6O. The van der Waals surface area contributed by atoms with Crippen molar-refractivity contribution < 1.29 is 4.79 Å². The second kappa shape index (κ2) is 8.62. The Hall–Kier alpha value is -2.67. The van der Waals surface area contributed by atoms with Gasteiger partial charge in [-0.2, -0.15) is 0 Å². The van der Waals surface area contributed by atoms with Gasteiger partial charge in [-0.25, -0.2) is 14.8 Å². The first-order chi connectivity index (χ1) is 12.6. The number of carbonyl (C=O) groups excluding carboxylic acids is 1. The van der Waals surface area contributed by atoms with Crippen LogP contribution in [0.15, 0.2) is 48.8 Å². The number of carbonyl (C=O) groups is 1. The Bertz CT molecular complexity index is 686. The van der Waals surface area contributed by atoms with Crippen LogP contribution in [0.3, 0.4) is 0 Å². The highest BCUT2D eigenvalue weighted by molar-refractivity contribution is 5.74. The normalized spacial score (nSPS) is 15.8. The molecule has 7 heteroatoms. The van der Waals surface area contributed by atoms with Gasteiger partial charge >= 0.3 is 6.03 Å². The summed E-state index contributed by atoms with van der Waals surface area (Å²) < 4.78 is 0. The van der Waals surface area contributed by atoms with Gasteiger partial charge in [-0.1, -0.05) is 30.3 Å². The fraction of sp³-hybridized carbons (Fsp3) is 0.421. The number of nitrogens with zero attached hydrogens (tertiary/aromatic N) is 5. The van der Waals surface area contributed by atoms with Crippen LogP contribution in [0, 0.1) is 0 Å². The van der Waals surface area contributed by atoms with E-state index < -0.39 is 0 Å². The van der Waals surface area contributed by atoms with Gasteiger partial charge in [-0.05, 0) is 25.7 Å². The number of nitrogens with one attached hydrogen (secondary N) is 1. The van der Waals surface area contributed by atoms with Crippen LogP contribution < -0.4 is 10.2 Å². The smallest absolute Gasteiger partial charge is 0.317 e. The van der Waals surface area contributed by atoms with Crippen molar-refractivity contribution in [2.45, 2.75) is 6.04 Å². The van der Waals surface area contributed by atoms with Gasteiger partial charge in [-0.15, -0.1) is 0 Å². The lowest BCUT2D eigenvalue weighted by Crippen LogP contribution is -2.53. The minimum Gasteiger partial charge on any atom is -0.337 e. The highest BCUT2D eigenvalue weighted by atomic mass is 16.2. The van der Waals surface area contributed by atoms with Crippen molar-refractivity contribution in [2.75, 3.05) is 51.7 Å². The predicted molar refractivity (Wildman–Crippen MR) is 102 cm³/mol. The van der Waals surface area contributed by atoms with Crippen LogP contribution in [0.5, 0.6) is 0 Å². The number of anilines is 1. The summed E-state index contributed by atoms with van der Waals surface area (Å²) in [6, 6.07) is 12.2. The minimum atomic E-state index is -0.0126. The Morgan fingerprint density at radius 2 is 1.73 bits per heavy atom. The summed E-state index contributed by atoms with van der Waals surface area (Å²) in [5.74, 6) is 0.726. The zero-order valence-electron chi connectivity index (χ0n) is 15.4. The van der Waals surface area contributed by atoms with Crippen molar-refractivity contribution >= 4 is 12.0 Å². The summed E-state index contributed by atoms with van der Waals surface area (Å²) in [6.07, 6.45) is 3.48. The third-order valence-corrected chi connectivity index (χ3v) is 4.66. The third-order valence-electron chi connectivity index (χ3n) is 4.66. The molecule has 0 spiro atoms. The lowest BCUT2D eigenvalue weighted by atomic mass is 10.1. The van der Waals surface area contributed by atoms with E-state index in [4.69, 9.17) is 0 Å². The Morgan fingerprint density at radius 3 is 2.35 bits per heavy atom. The molecule has 0 radical (unpaired) electrons. The summed E-state index contributed by atoms with van der Waals surface area (Å²) in [5.41, 5.74) is 1.20. The molecule has 1 aliphatic heterocycles. The molecule has 2 heterocycles. The SMILES string of the molecule is CN(C)C(CNC(=O)N1CCN(c2ncccn2)CC1)c1ccccc1. The zero-order valence-corrected chi connectivity index (χ0v) is 15.4. The van der Waals surface area contributed by atoms with Crippen molar-refractivity contribution in [2.24, 2.45) is 0 Å². The first-order valence-electron chi connectivity index (χ1n) is 8.91. The van der Waals surface area contributed by atoms with Gasteiger partial charge in [0.05, 0.1) is 6.04 Å². The van der Waals surface area contributed by atoms with Crippen molar-refractivity contribution in [1.82, 2.24) is 25.1 Å². The van der Waals surface area contributed by atoms with Gasteiger partial charge in [0.2, 0.25) is 5.95 Å². The Kier molecular flexibility index (Phi) is 6.01. The van der Waals surface area contributed by atoms with Gasteiger partial charge in [0.15, 0.2) is 0 Å². The first-order valence-corrected chi connectivity index (χ1v) is 8.91. The molecule has 2 aromatic rings. The van der Waals surface area contributed by atoms with Crippen molar-refractivity contribution in [3.05, 3.63) is 54.4 Å². The number of rotatable bonds is 5. The van der Waals surface area contributed by atoms with Crippen LogP contribution in [0.1, 0.15) is 11.6 Å². The topological polar surface area (TPSA) is 64.6 Å². The average Bonchev–Trinajstić information content (AvgIpc) is 2.69. The maximum Gasteiger partial charge on any atom is 0.317 e. The Morgan fingerprint density at radius 1 is 1.08 bits per heavy atom. The van der Waals surface area contributed by atoms with Crippen LogP contribution in [-0.2, 0) is 0 Å². The molecule has 1 atom stereocenters. The number of piperazine rings is 1. The summed E-state index contributed by atoms with van der Waals surface area (Å²) >= 11 is 0. The largest absolute Gasteiger partial charge is 0.337 e. The van der Waals surface area contributed by atoms with Gasteiger partial charge in [0.1, 0.15) is 0 Å². The van der Waals surface area contributed by atoms with E-state index in [9.17, 15) is 4.79 Å². The summed E-state index contributed by atoms with van der Waals surface area (Å²) in [5, 5.41) is 3.08. The third kappa shape index (κ3) is 4.49. The number of aromatic nitrogens is 2. The molecule has 0 bridgehead atoms. The van der Waals surface area contributed by atoms with Crippen LogP contribution in [0.4, 0.5) is 10.7 Å². The van der Waals surface area contributed by atoms with E-state index in [2.05, 4.69) is 37.2 Å². The summed E-state index contributed by atoms with van der Waals surface area (Å²) in [4.78, 5) is 27.2. The molecular weight excluding hydrogens is 328 g/mol. The Labute approximate surface area is 154 Å². The molecule has 26 heavy (non-hydrogen) atoms. The van der Waals surface area contributed by atoms with Crippen molar-refractivity contribution in [1.29, 1.82) is 0 Å². The average molecular weight is 354 g/mol. The van der Waals surface area contributed by atoms with Gasteiger partial charge < -0.3 is 20.0 Å². The lowest BCUT2D eigenvalue weighted by Gasteiger charge is -2.35. The highest BCUT2D eigenvalue weighted by Crippen LogP contribution is 2.17. The van der Waals surface area contributed by atoms with E-state index in [0.717, 1.165) is 19.0 Å². The molecule has 7 nitrogen and oxygen atoms in total. The molecule has 3 rings (SSSR count). The van der Waals surface area contributed by atoms with E-state index >= 15 is 0 Å². The number of hydrogen-bond donors (Lipinski definition) is 1. The molecule has 1 fully saturated rings.